The van der Waals surface area contributed by atoms with E-state index in [0.717, 1.165) is 5.56 Å². The Hall–Kier alpha value is -3.61. The van der Waals surface area contributed by atoms with E-state index >= 15 is 0 Å². The Kier molecular flexibility index (Phi) is 5.84. The number of ether oxygens (including phenoxy) is 2. The van der Waals surface area contributed by atoms with Gasteiger partial charge in [-0.1, -0.05) is 36.4 Å². The SMILES string of the molecule is COc1cccc(OC)c1C(=O)Nc1ccc(NCc2ccccc2)nn1. The topological polar surface area (TPSA) is 85.4 Å². The molecule has 1 amide bonds. The Morgan fingerprint density at radius 1 is 0.852 bits per heavy atom. The summed E-state index contributed by atoms with van der Waals surface area (Å²) < 4.78 is 10.5. The predicted molar refractivity (Wildman–Crippen MR) is 103 cm³/mol. The Labute approximate surface area is 157 Å². The molecular formula is C20H20N4O3. The van der Waals surface area contributed by atoms with Gasteiger partial charge in [0.05, 0.1) is 14.2 Å². The van der Waals surface area contributed by atoms with Gasteiger partial charge in [0.2, 0.25) is 0 Å². The van der Waals surface area contributed by atoms with Crippen LogP contribution in [0.5, 0.6) is 11.5 Å². The van der Waals surface area contributed by atoms with Crippen molar-refractivity contribution < 1.29 is 14.3 Å². The third kappa shape index (κ3) is 4.52. The number of hydrogen-bond acceptors (Lipinski definition) is 6. The molecule has 0 aliphatic rings. The van der Waals surface area contributed by atoms with Crippen molar-refractivity contribution in [1.29, 1.82) is 0 Å². The maximum absolute atomic E-state index is 12.6. The molecule has 7 heteroatoms. The first-order valence-corrected chi connectivity index (χ1v) is 8.35. The maximum atomic E-state index is 12.6. The van der Waals surface area contributed by atoms with Crippen LogP contribution in [0.3, 0.4) is 0 Å². The van der Waals surface area contributed by atoms with E-state index in [1.165, 1.54) is 14.2 Å². The van der Waals surface area contributed by atoms with Crippen LogP contribution in [0.25, 0.3) is 0 Å². The molecule has 1 heterocycles. The fourth-order valence-electron chi connectivity index (χ4n) is 2.54. The lowest BCUT2D eigenvalue weighted by Crippen LogP contribution is -2.16. The smallest absolute Gasteiger partial charge is 0.264 e. The number of methoxy groups -OCH3 is 2. The van der Waals surface area contributed by atoms with Crippen LogP contribution in [-0.2, 0) is 6.54 Å². The van der Waals surface area contributed by atoms with Gasteiger partial charge in [-0.3, -0.25) is 4.79 Å². The fourth-order valence-corrected chi connectivity index (χ4v) is 2.54. The molecular weight excluding hydrogens is 344 g/mol. The number of hydrogen-bond donors (Lipinski definition) is 2. The molecule has 0 spiro atoms. The van der Waals surface area contributed by atoms with Crippen molar-refractivity contribution in [2.45, 2.75) is 6.54 Å². The van der Waals surface area contributed by atoms with Crippen molar-refractivity contribution >= 4 is 17.5 Å². The number of carbonyl (C=O) groups excluding carboxylic acids is 1. The third-order valence-electron chi connectivity index (χ3n) is 3.88. The molecule has 3 aromatic rings. The maximum Gasteiger partial charge on any atom is 0.264 e. The van der Waals surface area contributed by atoms with Gasteiger partial charge in [0.25, 0.3) is 5.91 Å². The molecule has 0 saturated heterocycles. The third-order valence-corrected chi connectivity index (χ3v) is 3.88. The van der Waals surface area contributed by atoms with Gasteiger partial charge in [0, 0.05) is 6.54 Å². The monoisotopic (exact) mass is 364 g/mol. The normalized spacial score (nSPS) is 10.1. The minimum atomic E-state index is -0.386. The number of aromatic nitrogens is 2. The summed E-state index contributed by atoms with van der Waals surface area (Å²) in [6.07, 6.45) is 0. The number of benzene rings is 2. The highest BCUT2D eigenvalue weighted by Crippen LogP contribution is 2.28. The van der Waals surface area contributed by atoms with Gasteiger partial charge in [-0.2, -0.15) is 0 Å². The summed E-state index contributed by atoms with van der Waals surface area (Å²) in [5.41, 5.74) is 1.44. The Morgan fingerprint density at radius 3 is 2.07 bits per heavy atom. The zero-order chi connectivity index (χ0) is 19.1. The summed E-state index contributed by atoms with van der Waals surface area (Å²) >= 11 is 0. The Bertz CT molecular complexity index is 877. The first kappa shape index (κ1) is 18.2. The van der Waals surface area contributed by atoms with Crippen LogP contribution in [0.15, 0.2) is 60.7 Å². The molecule has 3 rings (SSSR count). The number of anilines is 2. The molecule has 2 aromatic carbocycles. The lowest BCUT2D eigenvalue weighted by molar-refractivity contribution is 0.102. The zero-order valence-corrected chi connectivity index (χ0v) is 15.1. The van der Waals surface area contributed by atoms with E-state index < -0.39 is 0 Å². The van der Waals surface area contributed by atoms with Crippen molar-refractivity contribution in [1.82, 2.24) is 10.2 Å². The Morgan fingerprint density at radius 2 is 1.48 bits per heavy atom. The average molecular weight is 364 g/mol. The largest absolute Gasteiger partial charge is 0.496 e. The minimum Gasteiger partial charge on any atom is -0.496 e. The highest BCUT2D eigenvalue weighted by Gasteiger charge is 2.18. The van der Waals surface area contributed by atoms with E-state index in [9.17, 15) is 4.79 Å². The van der Waals surface area contributed by atoms with Crippen LogP contribution < -0.4 is 20.1 Å². The summed E-state index contributed by atoms with van der Waals surface area (Å²) in [6, 6.07) is 18.6. The van der Waals surface area contributed by atoms with Gasteiger partial charge in [-0.05, 0) is 29.8 Å². The van der Waals surface area contributed by atoms with Crippen molar-refractivity contribution in [3.8, 4) is 11.5 Å². The van der Waals surface area contributed by atoms with Crippen molar-refractivity contribution in [2.24, 2.45) is 0 Å². The van der Waals surface area contributed by atoms with Gasteiger partial charge >= 0.3 is 0 Å². The molecule has 1 aromatic heterocycles. The van der Waals surface area contributed by atoms with E-state index in [2.05, 4.69) is 20.8 Å². The van der Waals surface area contributed by atoms with E-state index in [1.807, 2.05) is 30.3 Å². The lowest BCUT2D eigenvalue weighted by atomic mass is 10.1. The molecule has 0 radical (unpaired) electrons. The molecule has 0 saturated carbocycles. The van der Waals surface area contributed by atoms with E-state index in [4.69, 9.17) is 9.47 Å². The molecule has 7 nitrogen and oxygen atoms in total. The number of carbonyl (C=O) groups is 1. The summed E-state index contributed by atoms with van der Waals surface area (Å²) in [7, 11) is 3.00. The summed E-state index contributed by atoms with van der Waals surface area (Å²) in [4.78, 5) is 12.6. The van der Waals surface area contributed by atoms with Crippen molar-refractivity contribution in [3.05, 3.63) is 71.8 Å². The first-order valence-electron chi connectivity index (χ1n) is 8.35. The minimum absolute atomic E-state index is 0.301. The zero-order valence-electron chi connectivity index (χ0n) is 15.1. The van der Waals surface area contributed by atoms with Gasteiger partial charge < -0.3 is 20.1 Å². The fraction of sp³-hybridized carbons (Fsp3) is 0.150. The quantitative estimate of drug-likeness (QED) is 0.669. The first-order chi connectivity index (χ1) is 13.2. The second-order valence-corrected chi connectivity index (χ2v) is 5.63. The molecule has 27 heavy (non-hydrogen) atoms. The number of nitrogens with zero attached hydrogens (tertiary/aromatic N) is 2. The van der Waals surface area contributed by atoms with E-state index in [1.54, 1.807) is 30.3 Å². The van der Waals surface area contributed by atoms with Crippen LogP contribution in [0, 0.1) is 0 Å². The van der Waals surface area contributed by atoms with Crippen molar-refractivity contribution in [2.75, 3.05) is 24.9 Å². The molecule has 0 aliphatic heterocycles. The van der Waals surface area contributed by atoms with Gasteiger partial charge in [-0.15, -0.1) is 10.2 Å². The highest BCUT2D eigenvalue weighted by molar-refractivity contribution is 6.07. The molecule has 0 bridgehead atoms. The molecule has 0 atom stereocenters. The molecule has 0 fully saturated rings. The van der Waals surface area contributed by atoms with Gasteiger partial charge in [-0.25, -0.2) is 0 Å². The summed E-state index contributed by atoms with van der Waals surface area (Å²) in [5.74, 6) is 1.40. The molecule has 0 aliphatic carbocycles. The molecule has 138 valence electrons. The van der Waals surface area contributed by atoms with Crippen LogP contribution in [-0.4, -0.2) is 30.3 Å². The highest BCUT2D eigenvalue weighted by atomic mass is 16.5. The van der Waals surface area contributed by atoms with Gasteiger partial charge in [0.15, 0.2) is 5.82 Å². The number of rotatable bonds is 7. The predicted octanol–water partition coefficient (Wildman–Crippen LogP) is 3.36. The average Bonchev–Trinajstić information content (AvgIpc) is 2.73. The second kappa shape index (κ2) is 8.66. The summed E-state index contributed by atoms with van der Waals surface area (Å²) in [6.45, 7) is 0.639. The van der Waals surface area contributed by atoms with E-state index in [-0.39, 0.29) is 5.91 Å². The van der Waals surface area contributed by atoms with E-state index in [0.29, 0.717) is 35.2 Å². The summed E-state index contributed by atoms with van der Waals surface area (Å²) in [5, 5.41) is 14.0. The Balaban J connectivity index is 1.67. The van der Waals surface area contributed by atoms with Crippen LogP contribution in [0.1, 0.15) is 15.9 Å². The van der Waals surface area contributed by atoms with Crippen LogP contribution >= 0.6 is 0 Å². The van der Waals surface area contributed by atoms with Crippen LogP contribution in [0.2, 0.25) is 0 Å². The van der Waals surface area contributed by atoms with Crippen molar-refractivity contribution in [3.63, 3.8) is 0 Å². The number of amides is 1. The standard InChI is InChI=1S/C20H20N4O3/c1-26-15-9-6-10-16(27-2)19(15)20(25)22-18-12-11-17(23-24-18)21-13-14-7-4-3-5-8-14/h3-12H,13H2,1-2H3,(H,21,23)(H,22,24,25). The second-order valence-electron chi connectivity index (χ2n) is 5.63. The molecule has 2 N–H and O–H groups in total. The van der Waals surface area contributed by atoms with Crippen LogP contribution in [0.4, 0.5) is 11.6 Å². The molecule has 0 unspecified atom stereocenters. The lowest BCUT2D eigenvalue weighted by Gasteiger charge is -2.12. The van der Waals surface area contributed by atoms with Gasteiger partial charge in [0.1, 0.15) is 22.9 Å². The number of nitrogens with one attached hydrogen (secondary N) is 2.